The smallest absolute Gasteiger partial charge is 0.255 e. The van der Waals surface area contributed by atoms with Gasteiger partial charge in [0, 0.05) is 39.5 Å². The van der Waals surface area contributed by atoms with Crippen molar-refractivity contribution >= 4 is 35.0 Å². The van der Waals surface area contributed by atoms with Gasteiger partial charge in [0.1, 0.15) is 11.8 Å². The molecular weight excluding hydrogens is 317 g/mol. The molecule has 0 spiro atoms. The predicted molar refractivity (Wildman–Crippen MR) is 78.6 cm³/mol. The maximum absolute atomic E-state index is 12.4. The van der Waals surface area contributed by atoms with E-state index in [9.17, 15) is 9.59 Å². The summed E-state index contributed by atoms with van der Waals surface area (Å²) in [6.07, 6.45) is 1.36. The maximum Gasteiger partial charge on any atom is 0.255 e. The Bertz CT molecular complexity index is 545. The molecule has 1 saturated heterocycles. The topological polar surface area (TPSA) is 62.7 Å². The third kappa shape index (κ3) is 3.84. The Hall–Kier alpha value is -1.37. The summed E-state index contributed by atoms with van der Waals surface area (Å²) in [5.41, 5.74) is 0.327. The fourth-order valence-electron chi connectivity index (χ4n) is 2.12. The molecule has 0 saturated carbocycles. The third-order valence-electron chi connectivity index (χ3n) is 3.24. The Morgan fingerprint density at radius 2 is 1.86 bits per heavy atom. The summed E-state index contributed by atoms with van der Waals surface area (Å²) < 4.78 is 4.82. The molecule has 1 aliphatic rings. The Morgan fingerprint density at radius 3 is 2.48 bits per heavy atom. The molecule has 1 aromatic rings. The van der Waals surface area contributed by atoms with Gasteiger partial charge < -0.3 is 14.5 Å². The molecule has 0 N–H and O–H groups in total. The molecule has 0 aromatic carbocycles. The van der Waals surface area contributed by atoms with Crippen LogP contribution in [0.2, 0.25) is 10.2 Å². The number of hydrogen-bond donors (Lipinski definition) is 0. The van der Waals surface area contributed by atoms with Crippen molar-refractivity contribution in [3.8, 4) is 0 Å². The summed E-state index contributed by atoms with van der Waals surface area (Å²) in [6, 6.07) is 1.45. The molecule has 1 aliphatic heterocycles. The minimum absolute atomic E-state index is 0.0553. The first-order valence-corrected chi connectivity index (χ1v) is 7.15. The summed E-state index contributed by atoms with van der Waals surface area (Å²) in [5.74, 6) is -0.280. The Labute approximate surface area is 132 Å². The first-order valence-electron chi connectivity index (χ1n) is 6.40. The molecule has 0 radical (unpaired) electrons. The summed E-state index contributed by atoms with van der Waals surface area (Å²) >= 11 is 11.8. The minimum atomic E-state index is -0.205. The molecular formula is C13H15Cl2N3O3. The predicted octanol–water partition coefficient (Wildman–Crippen LogP) is 1.32. The molecule has 2 rings (SSSR count). The van der Waals surface area contributed by atoms with Crippen LogP contribution in [-0.4, -0.2) is 66.5 Å². The van der Waals surface area contributed by atoms with E-state index in [-0.39, 0.29) is 28.6 Å². The zero-order valence-corrected chi connectivity index (χ0v) is 13.0. The Balaban J connectivity index is 2.00. The zero-order chi connectivity index (χ0) is 15.4. The quantitative estimate of drug-likeness (QED) is 0.783. The van der Waals surface area contributed by atoms with Gasteiger partial charge in [-0.2, -0.15) is 0 Å². The fraction of sp³-hybridized carbons (Fsp3) is 0.462. The number of nitrogens with zero attached hydrogens (tertiary/aromatic N) is 3. The number of halogens is 2. The molecule has 6 nitrogen and oxygen atoms in total. The van der Waals surface area contributed by atoms with Crippen molar-refractivity contribution in [3.05, 3.63) is 28.0 Å². The van der Waals surface area contributed by atoms with E-state index in [1.165, 1.54) is 19.4 Å². The molecule has 0 atom stereocenters. The summed E-state index contributed by atoms with van der Waals surface area (Å²) in [7, 11) is 1.48. The number of ether oxygens (including phenoxy) is 1. The number of aromatic nitrogens is 1. The van der Waals surface area contributed by atoms with Gasteiger partial charge in [0.15, 0.2) is 0 Å². The number of pyridine rings is 1. The standard InChI is InChI=1S/C13H15Cl2N3O3/c1-21-8-12(19)17-2-4-18(5-3-17)13(20)9-6-11(15)16-7-10(9)14/h6-7H,2-5,8H2,1H3. The highest BCUT2D eigenvalue weighted by Gasteiger charge is 2.26. The normalized spacial score (nSPS) is 15.2. The highest BCUT2D eigenvalue weighted by Crippen LogP contribution is 2.20. The number of piperazine rings is 1. The highest BCUT2D eigenvalue weighted by molar-refractivity contribution is 6.35. The van der Waals surface area contributed by atoms with E-state index in [0.717, 1.165) is 0 Å². The number of carbonyl (C=O) groups excluding carboxylic acids is 2. The largest absolute Gasteiger partial charge is 0.375 e. The lowest BCUT2D eigenvalue weighted by atomic mass is 10.2. The number of rotatable bonds is 3. The molecule has 0 bridgehead atoms. The molecule has 0 aliphatic carbocycles. The van der Waals surface area contributed by atoms with Crippen LogP contribution in [-0.2, 0) is 9.53 Å². The van der Waals surface area contributed by atoms with Crippen LogP contribution in [0.5, 0.6) is 0 Å². The van der Waals surface area contributed by atoms with Gasteiger partial charge in [0.25, 0.3) is 5.91 Å². The molecule has 2 heterocycles. The van der Waals surface area contributed by atoms with Crippen LogP contribution < -0.4 is 0 Å². The summed E-state index contributed by atoms with van der Waals surface area (Å²) in [5, 5.41) is 0.485. The SMILES string of the molecule is COCC(=O)N1CCN(C(=O)c2cc(Cl)ncc2Cl)CC1. The van der Waals surface area contributed by atoms with Crippen LogP contribution in [0.4, 0.5) is 0 Å². The van der Waals surface area contributed by atoms with Crippen molar-refractivity contribution in [2.45, 2.75) is 0 Å². The van der Waals surface area contributed by atoms with Gasteiger partial charge in [-0.15, -0.1) is 0 Å². The second kappa shape index (κ2) is 7.06. The van der Waals surface area contributed by atoms with E-state index in [0.29, 0.717) is 31.7 Å². The van der Waals surface area contributed by atoms with Gasteiger partial charge in [-0.1, -0.05) is 23.2 Å². The van der Waals surface area contributed by atoms with E-state index in [1.807, 2.05) is 0 Å². The molecule has 1 fully saturated rings. The van der Waals surface area contributed by atoms with Gasteiger partial charge in [-0.05, 0) is 6.07 Å². The number of carbonyl (C=O) groups is 2. The van der Waals surface area contributed by atoms with E-state index >= 15 is 0 Å². The lowest BCUT2D eigenvalue weighted by molar-refractivity contribution is -0.136. The van der Waals surface area contributed by atoms with Gasteiger partial charge in [-0.25, -0.2) is 4.98 Å². The first-order chi connectivity index (χ1) is 10.0. The second-order valence-electron chi connectivity index (χ2n) is 4.59. The molecule has 1 aromatic heterocycles. The van der Waals surface area contributed by atoms with Gasteiger partial charge in [-0.3, -0.25) is 9.59 Å². The molecule has 8 heteroatoms. The Morgan fingerprint density at radius 1 is 1.24 bits per heavy atom. The van der Waals surface area contributed by atoms with E-state index in [4.69, 9.17) is 27.9 Å². The van der Waals surface area contributed by atoms with Gasteiger partial charge >= 0.3 is 0 Å². The number of methoxy groups -OCH3 is 1. The number of amides is 2. The minimum Gasteiger partial charge on any atom is -0.375 e. The first kappa shape index (κ1) is 16.0. The lowest BCUT2D eigenvalue weighted by Crippen LogP contribution is -2.51. The highest BCUT2D eigenvalue weighted by atomic mass is 35.5. The number of hydrogen-bond acceptors (Lipinski definition) is 4. The van der Waals surface area contributed by atoms with Crippen LogP contribution in [0, 0.1) is 0 Å². The van der Waals surface area contributed by atoms with Crippen molar-refractivity contribution in [2.75, 3.05) is 39.9 Å². The zero-order valence-electron chi connectivity index (χ0n) is 11.5. The molecule has 0 unspecified atom stereocenters. The van der Waals surface area contributed by atoms with E-state index in [1.54, 1.807) is 9.80 Å². The second-order valence-corrected chi connectivity index (χ2v) is 5.39. The van der Waals surface area contributed by atoms with Crippen molar-refractivity contribution < 1.29 is 14.3 Å². The van der Waals surface area contributed by atoms with Crippen LogP contribution in [0.15, 0.2) is 12.3 Å². The van der Waals surface area contributed by atoms with Crippen molar-refractivity contribution in [2.24, 2.45) is 0 Å². The molecule has 21 heavy (non-hydrogen) atoms. The van der Waals surface area contributed by atoms with Crippen molar-refractivity contribution in [3.63, 3.8) is 0 Å². The van der Waals surface area contributed by atoms with Gasteiger partial charge in [0.2, 0.25) is 5.91 Å². The summed E-state index contributed by atoms with van der Waals surface area (Å²) in [6.45, 7) is 1.91. The van der Waals surface area contributed by atoms with Gasteiger partial charge in [0.05, 0.1) is 10.6 Å². The monoisotopic (exact) mass is 331 g/mol. The van der Waals surface area contributed by atoms with E-state index < -0.39 is 0 Å². The van der Waals surface area contributed by atoms with Crippen molar-refractivity contribution in [1.82, 2.24) is 14.8 Å². The summed E-state index contributed by atoms with van der Waals surface area (Å²) in [4.78, 5) is 31.2. The van der Waals surface area contributed by atoms with Crippen molar-refractivity contribution in [1.29, 1.82) is 0 Å². The van der Waals surface area contributed by atoms with Crippen LogP contribution in [0.1, 0.15) is 10.4 Å². The van der Waals surface area contributed by atoms with E-state index in [2.05, 4.69) is 4.98 Å². The molecule has 114 valence electrons. The average molecular weight is 332 g/mol. The third-order valence-corrected chi connectivity index (χ3v) is 3.75. The molecule has 2 amide bonds. The van der Waals surface area contributed by atoms with Crippen LogP contribution in [0.3, 0.4) is 0 Å². The lowest BCUT2D eigenvalue weighted by Gasteiger charge is -2.34. The maximum atomic E-state index is 12.4. The fourth-order valence-corrected chi connectivity index (χ4v) is 2.46. The average Bonchev–Trinajstić information content (AvgIpc) is 2.49. The van der Waals surface area contributed by atoms with Crippen LogP contribution in [0.25, 0.3) is 0 Å². The Kier molecular flexibility index (Phi) is 5.39. The van der Waals surface area contributed by atoms with Crippen LogP contribution >= 0.6 is 23.2 Å².